The zero-order valence-electron chi connectivity index (χ0n) is 16.1. The van der Waals surface area contributed by atoms with Crippen LogP contribution in [0.3, 0.4) is 0 Å². The number of hydrogen-bond acceptors (Lipinski definition) is 5. The van der Waals surface area contributed by atoms with Gasteiger partial charge in [0.2, 0.25) is 5.88 Å². The van der Waals surface area contributed by atoms with E-state index in [0.29, 0.717) is 36.7 Å². The van der Waals surface area contributed by atoms with Gasteiger partial charge in [0.15, 0.2) is 5.78 Å². The van der Waals surface area contributed by atoms with Crippen molar-refractivity contribution in [2.75, 3.05) is 6.61 Å². The average Bonchev–Trinajstić information content (AvgIpc) is 3.54. The Kier molecular flexibility index (Phi) is 5.41. The fraction of sp³-hybridized carbons (Fsp3) is 0.714. The second-order valence-corrected chi connectivity index (χ2v) is 8.35. The van der Waals surface area contributed by atoms with Gasteiger partial charge in [-0.2, -0.15) is 0 Å². The molecule has 1 N–H and O–H groups in total. The number of hydrogen-bond donors (Lipinski definition) is 1. The molecule has 146 valence electrons. The summed E-state index contributed by atoms with van der Waals surface area (Å²) in [6, 6.07) is -0.423. The largest absolute Gasteiger partial charge is 0.476 e. The fourth-order valence-corrected chi connectivity index (χ4v) is 3.53. The molecule has 0 saturated heterocycles. The van der Waals surface area contributed by atoms with E-state index in [1.165, 1.54) is 25.5 Å². The molecule has 1 heterocycles. The van der Waals surface area contributed by atoms with Crippen LogP contribution >= 0.6 is 0 Å². The molecule has 3 saturated carbocycles. The molecule has 3 aliphatic rings. The molecule has 4 rings (SSSR count). The van der Waals surface area contributed by atoms with Crippen LogP contribution < -0.4 is 10.1 Å². The Morgan fingerprint density at radius 3 is 2.56 bits per heavy atom. The summed E-state index contributed by atoms with van der Waals surface area (Å²) in [7, 11) is 0. The number of carbonyl (C=O) groups is 2. The highest BCUT2D eigenvalue weighted by molar-refractivity contribution is 5.96. The van der Waals surface area contributed by atoms with Gasteiger partial charge in [0.05, 0.1) is 18.8 Å². The summed E-state index contributed by atoms with van der Waals surface area (Å²) in [5, 5.41) is 2.91. The first-order valence-electron chi connectivity index (χ1n) is 10.5. The van der Waals surface area contributed by atoms with Crippen LogP contribution in [0, 0.1) is 11.8 Å². The van der Waals surface area contributed by atoms with Crippen molar-refractivity contribution in [2.24, 2.45) is 11.8 Å². The van der Waals surface area contributed by atoms with E-state index in [0.717, 1.165) is 37.8 Å². The van der Waals surface area contributed by atoms with Crippen molar-refractivity contribution in [3.05, 3.63) is 17.6 Å². The van der Waals surface area contributed by atoms with Crippen LogP contribution in [0.25, 0.3) is 0 Å². The van der Waals surface area contributed by atoms with E-state index in [2.05, 4.69) is 15.3 Å². The van der Waals surface area contributed by atoms with Gasteiger partial charge < -0.3 is 10.1 Å². The van der Waals surface area contributed by atoms with Crippen LogP contribution in [0.2, 0.25) is 0 Å². The van der Waals surface area contributed by atoms with Crippen LogP contribution in [0.5, 0.6) is 5.88 Å². The highest BCUT2D eigenvalue weighted by Gasteiger charge is 2.32. The fourth-order valence-electron chi connectivity index (χ4n) is 3.53. The van der Waals surface area contributed by atoms with Crippen molar-refractivity contribution in [1.29, 1.82) is 0 Å². The zero-order valence-corrected chi connectivity index (χ0v) is 16.1. The van der Waals surface area contributed by atoms with Gasteiger partial charge >= 0.3 is 0 Å². The Balaban J connectivity index is 1.45. The van der Waals surface area contributed by atoms with Gasteiger partial charge in [0, 0.05) is 12.3 Å². The molecular weight excluding hydrogens is 342 g/mol. The maximum absolute atomic E-state index is 12.7. The Bertz CT molecular complexity index is 709. The van der Waals surface area contributed by atoms with Crippen LogP contribution in [0.1, 0.15) is 86.8 Å². The summed E-state index contributed by atoms with van der Waals surface area (Å²) in [6.45, 7) is 2.49. The summed E-state index contributed by atoms with van der Waals surface area (Å²) in [5.74, 6) is 1.85. The van der Waals surface area contributed by atoms with Gasteiger partial charge in [-0.15, -0.1) is 0 Å². The van der Waals surface area contributed by atoms with Crippen molar-refractivity contribution in [3.8, 4) is 5.88 Å². The first kappa shape index (κ1) is 18.4. The maximum atomic E-state index is 12.7. The van der Waals surface area contributed by atoms with Gasteiger partial charge in [0.1, 0.15) is 11.4 Å². The normalized spacial score (nSPS) is 20.6. The number of aromatic nitrogens is 2. The molecule has 1 atom stereocenters. The number of ketones is 1. The Hall–Kier alpha value is -1.98. The summed E-state index contributed by atoms with van der Waals surface area (Å²) in [5.41, 5.74) is 1.12. The highest BCUT2D eigenvalue weighted by atomic mass is 16.5. The lowest BCUT2D eigenvalue weighted by Gasteiger charge is -2.29. The van der Waals surface area contributed by atoms with Crippen LogP contribution in [-0.2, 0) is 4.79 Å². The second kappa shape index (κ2) is 7.95. The number of rotatable bonds is 10. The highest BCUT2D eigenvalue weighted by Crippen LogP contribution is 2.43. The minimum absolute atomic E-state index is 0.0861. The molecule has 0 bridgehead atoms. The third-order valence-electron chi connectivity index (χ3n) is 5.95. The Labute approximate surface area is 160 Å². The van der Waals surface area contributed by atoms with E-state index in [1.807, 2.05) is 6.92 Å². The predicted molar refractivity (Wildman–Crippen MR) is 101 cm³/mol. The topological polar surface area (TPSA) is 81.2 Å². The summed E-state index contributed by atoms with van der Waals surface area (Å²) >= 11 is 0. The van der Waals surface area contributed by atoms with Gasteiger partial charge in [-0.3, -0.25) is 14.6 Å². The number of Topliss-reactive ketones (excluding diaryl/α,β-unsaturated/α-hetero) is 1. The maximum Gasteiger partial charge on any atom is 0.272 e. The molecule has 0 aromatic carbocycles. The smallest absolute Gasteiger partial charge is 0.272 e. The number of ether oxygens (including phenoxy) is 1. The summed E-state index contributed by atoms with van der Waals surface area (Å²) < 4.78 is 5.90. The number of carbonyl (C=O) groups excluding carboxylic acids is 2. The van der Waals surface area contributed by atoms with Crippen LogP contribution in [0.15, 0.2) is 6.20 Å². The van der Waals surface area contributed by atoms with Crippen molar-refractivity contribution in [1.82, 2.24) is 15.3 Å². The quantitative estimate of drug-likeness (QED) is 0.682. The molecule has 3 fully saturated rings. The Morgan fingerprint density at radius 2 is 1.96 bits per heavy atom. The second-order valence-electron chi connectivity index (χ2n) is 8.35. The number of nitrogens with one attached hydrogen (secondary N) is 1. The van der Waals surface area contributed by atoms with Crippen LogP contribution in [-0.4, -0.2) is 34.3 Å². The molecule has 6 nitrogen and oxygen atoms in total. The first-order valence-corrected chi connectivity index (χ1v) is 10.5. The lowest BCUT2D eigenvalue weighted by molar-refractivity contribution is -0.121. The van der Waals surface area contributed by atoms with Crippen molar-refractivity contribution >= 4 is 11.7 Å². The van der Waals surface area contributed by atoms with Crippen molar-refractivity contribution in [2.45, 2.75) is 76.7 Å². The van der Waals surface area contributed by atoms with Gasteiger partial charge in [0.25, 0.3) is 5.91 Å². The molecular formula is C21H29N3O3. The van der Waals surface area contributed by atoms with Gasteiger partial charge in [-0.1, -0.05) is 26.2 Å². The molecule has 3 aliphatic carbocycles. The monoisotopic (exact) mass is 371 g/mol. The van der Waals surface area contributed by atoms with E-state index in [4.69, 9.17) is 4.74 Å². The van der Waals surface area contributed by atoms with E-state index >= 15 is 0 Å². The van der Waals surface area contributed by atoms with E-state index < -0.39 is 6.04 Å². The molecule has 1 amide bonds. The summed E-state index contributed by atoms with van der Waals surface area (Å²) in [4.78, 5) is 34.0. The van der Waals surface area contributed by atoms with Crippen molar-refractivity contribution in [3.63, 3.8) is 0 Å². The molecule has 1 aromatic heterocycles. The van der Waals surface area contributed by atoms with Gasteiger partial charge in [-0.05, 0) is 43.9 Å². The minimum Gasteiger partial charge on any atom is -0.476 e. The third kappa shape index (κ3) is 4.66. The molecule has 0 radical (unpaired) electrons. The molecule has 6 heteroatoms. The standard InChI is InChI=1S/C21H29N3O3/c1-2-18(25)16(10-13-4-3-5-13)23-20(26)17-11-22-19(15-8-9-15)21(24-17)27-12-14-6-7-14/h11,13-16H,2-10,12H2,1H3,(H,23,26). The summed E-state index contributed by atoms with van der Waals surface area (Å²) in [6.07, 6.45) is 10.8. The minimum atomic E-state index is -0.423. The van der Waals surface area contributed by atoms with E-state index in [-0.39, 0.29) is 17.4 Å². The average molecular weight is 371 g/mol. The Morgan fingerprint density at radius 1 is 1.19 bits per heavy atom. The molecule has 0 aliphatic heterocycles. The zero-order chi connectivity index (χ0) is 18.8. The number of nitrogens with zero attached hydrogens (tertiary/aromatic N) is 2. The molecule has 1 aromatic rings. The van der Waals surface area contributed by atoms with E-state index in [1.54, 1.807) is 0 Å². The lowest BCUT2D eigenvalue weighted by atomic mass is 9.80. The molecule has 27 heavy (non-hydrogen) atoms. The first-order chi connectivity index (χ1) is 13.1. The van der Waals surface area contributed by atoms with Crippen molar-refractivity contribution < 1.29 is 14.3 Å². The molecule has 1 unspecified atom stereocenters. The SMILES string of the molecule is CCC(=O)C(CC1CCC1)NC(=O)c1cnc(C2CC2)c(OCC2CC2)n1. The predicted octanol–water partition coefficient (Wildman–Crippen LogP) is 3.41. The third-order valence-corrected chi connectivity index (χ3v) is 5.95. The van der Waals surface area contributed by atoms with Crippen LogP contribution in [0.4, 0.5) is 0 Å². The van der Waals surface area contributed by atoms with Gasteiger partial charge in [-0.25, -0.2) is 4.98 Å². The lowest BCUT2D eigenvalue weighted by Crippen LogP contribution is -2.43. The molecule has 0 spiro atoms. The van der Waals surface area contributed by atoms with E-state index in [9.17, 15) is 9.59 Å². The number of amides is 1.